The maximum atomic E-state index is 13.7. The van der Waals surface area contributed by atoms with Crippen molar-refractivity contribution in [2.75, 3.05) is 18.5 Å². The van der Waals surface area contributed by atoms with E-state index in [2.05, 4.69) is 18.2 Å². The number of fused-ring (bicyclic) bond motifs is 3. The maximum Gasteiger partial charge on any atom is 0.277 e. The van der Waals surface area contributed by atoms with Gasteiger partial charge in [-0.05, 0) is 36.5 Å². The summed E-state index contributed by atoms with van der Waals surface area (Å²) in [5.74, 6) is -0.117. The molecule has 2 atom stereocenters. The van der Waals surface area contributed by atoms with Crippen molar-refractivity contribution in [1.29, 1.82) is 0 Å². The van der Waals surface area contributed by atoms with Gasteiger partial charge in [-0.15, -0.1) is 0 Å². The van der Waals surface area contributed by atoms with Gasteiger partial charge in [0.1, 0.15) is 0 Å². The fourth-order valence-corrected chi connectivity index (χ4v) is 5.87. The zero-order valence-electron chi connectivity index (χ0n) is 16.5. The molecule has 2 aliphatic heterocycles. The number of likely N-dealkylation sites (N-methyl/N-ethyl adjacent to an activating group) is 1. The quantitative estimate of drug-likeness (QED) is 0.892. The van der Waals surface area contributed by atoms with E-state index >= 15 is 0 Å². The molecular weight excluding hydrogens is 348 g/mol. The average Bonchev–Trinajstić information content (AvgIpc) is 3.08. The number of carbonyl (C=O) groups is 1. The van der Waals surface area contributed by atoms with E-state index in [1.54, 1.807) is 0 Å². The van der Waals surface area contributed by atoms with Crippen LogP contribution in [0.4, 0.5) is 5.69 Å². The Kier molecular flexibility index (Phi) is 4.02. The molecule has 4 heteroatoms. The van der Waals surface area contributed by atoms with Crippen LogP contribution in [0.15, 0.2) is 54.6 Å². The van der Waals surface area contributed by atoms with Crippen molar-refractivity contribution in [3.8, 4) is 0 Å². The minimum absolute atomic E-state index is 0.117. The Morgan fingerprint density at radius 2 is 1.68 bits per heavy atom. The molecule has 2 aromatic carbocycles. The second-order valence-corrected chi connectivity index (χ2v) is 8.72. The van der Waals surface area contributed by atoms with Gasteiger partial charge in [-0.1, -0.05) is 67.8 Å². The van der Waals surface area contributed by atoms with Crippen LogP contribution in [0, 0.1) is 0 Å². The number of benzene rings is 2. The van der Waals surface area contributed by atoms with Crippen molar-refractivity contribution in [2.45, 2.75) is 55.7 Å². The van der Waals surface area contributed by atoms with E-state index in [9.17, 15) is 9.90 Å². The molecule has 5 rings (SSSR count). The smallest absolute Gasteiger partial charge is 0.277 e. The van der Waals surface area contributed by atoms with Crippen molar-refractivity contribution in [3.63, 3.8) is 0 Å². The number of anilines is 1. The van der Waals surface area contributed by atoms with E-state index in [0.717, 1.165) is 29.7 Å². The predicted octanol–water partition coefficient (Wildman–Crippen LogP) is 3.48. The Morgan fingerprint density at radius 3 is 2.43 bits per heavy atom. The predicted molar refractivity (Wildman–Crippen MR) is 110 cm³/mol. The van der Waals surface area contributed by atoms with E-state index in [4.69, 9.17) is 0 Å². The summed E-state index contributed by atoms with van der Waals surface area (Å²) >= 11 is 0. The lowest BCUT2D eigenvalue weighted by molar-refractivity contribution is -0.147. The zero-order valence-corrected chi connectivity index (χ0v) is 16.5. The van der Waals surface area contributed by atoms with Crippen LogP contribution in [0.5, 0.6) is 0 Å². The number of hydrogen-bond donors (Lipinski definition) is 1. The highest BCUT2D eigenvalue weighted by Crippen LogP contribution is 2.56. The minimum atomic E-state index is -1.52. The molecule has 146 valence electrons. The number of likely N-dealkylation sites (tertiary alicyclic amines) is 1. The molecule has 0 radical (unpaired) electrons. The molecule has 2 fully saturated rings. The second-order valence-electron chi connectivity index (χ2n) is 8.72. The highest BCUT2D eigenvalue weighted by atomic mass is 16.3. The second kappa shape index (κ2) is 6.35. The van der Waals surface area contributed by atoms with Crippen LogP contribution < -0.4 is 4.90 Å². The summed E-state index contributed by atoms with van der Waals surface area (Å²) in [6.07, 6.45) is 6.35. The molecule has 1 aliphatic carbocycles. The third kappa shape index (κ3) is 2.24. The molecule has 3 aliphatic rings. The molecule has 4 nitrogen and oxygen atoms in total. The molecule has 0 spiro atoms. The van der Waals surface area contributed by atoms with Crippen LogP contribution in [-0.4, -0.2) is 41.3 Å². The summed E-state index contributed by atoms with van der Waals surface area (Å²) in [6, 6.07) is 18.7. The molecule has 0 bridgehead atoms. The summed E-state index contributed by atoms with van der Waals surface area (Å²) in [7, 11) is 1.87. The molecular formula is C24H28N2O2. The number of carbonyl (C=O) groups excluding carboxylic acids is 1. The molecule has 1 N–H and O–H groups in total. The third-order valence-corrected chi connectivity index (χ3v) is 7.30. The lowest BCUT2D eigenvalue weighted by Crippen LogP contribution is -2.60. The molecule has 28 heavy (non-hydrogen) atoms. The number of para-hydroxylation sites is 1. The Hall–Kier alpha value is -2.33. The van der Waals surface area contributed by atoms with Crippen LogP contribution in [0.3, 0.4) is 0 Å². The Labute approximate surface area is 166 Å². The number of amides is 1. The zero-order chi connectivity index (χ0) is 19.4. The fourth-order valence-electron chi connectivity index (χ4n) is 5.87. The molecule has 1 saturated carbocycles. The number of aliphatic hydroxyl groups is 1. The van der Waals surface area contributed by atoms with E-state index in [0.29, 0.717) is 13.0 Å². The van der Waals surface area contributed by atoms with Crippen molar-refractivity contribution >= 4 is 11.6 Å². The van der Waals surface area contributed by atoms with Gasteiger partial charge in [0, 0.05) is 25.3 Å². The van der Waals surface area contributed by atoms with E-state index < -0.39 is 11.1 Å². The van der Waals surface area contributed by atoms with Crippen LogP contribution in [0.2, 0.25) is 0 Å². The molecule has 1 amide bonds. The van der Waals surface area contributed by atoms with Crippen molar-refractivity contribution < 1.29 is 9.90 Å². The third-order valence-electron chi connectivity index (χ3n) is 7.30. The molecule has 2 aromatic rings. The number of rotatable bonds is 3. The first-order valence-electron chi connectivity index (χ1n) is 10.5. The normalized spacial score (nSPS) is 29.9. The Morgan fingerprint density at radius 1 is 1.00 bits per heavy atom. The van der Waals surface area contributed by atoms with Gasteiger partial charge in [-0.2, -0.15) is 0 Å². The van der Waals surface area contributed by atoms with Gasteiger partial charge in [0.05, 0.1) is 5.41 Å². The maximum absolute atomic E-state index is 13.7. The van der Waals surface area contributed by atoms with Crippen LogP contribution in [-0.2, 0) is 16.6 Å². The van der Waals surface area contributed by atoms with Gasteiger partial charge in [0.25, 0.3) is 5.91 Å². The highest BCUT2D eigenvalue weighted by molar-refractivity contribution is 5.97. The number of hydrogen-bond acceptors (Lipinski definition) is 3. The lowest BCUT2D eigenvalue weighted by Gasteiger charge is -2.37. The highest BCUT2D eigenvalue weighted by Gasteiger charge is 2.71. The van der Waals surface area contributed by atoms with Crippen LogP contribution in [0.25, 0.3) is 0 Å². The molecule has 1 saturated heterocycles. The van der Waals surface area contributed by atoms with Gasteiger partial charge < -0.3 is 14.9 Å². The summed E-state index contributed by atoms with van der Waals surface area (Å²) in [6.45, 7) is 0.587. The topological polar surface area (TPSA) is 43.8 Å². The average molecular weight is 377 g/mol. The minimum Gasteiger partial charge on any atom is -0.362 e. The van der Waals surface area contributed by atoms with E-state index in [1.807, 2.05) is 53.2 Å². The standard InChI is InChI=1S/C24H28N2O2/c1-25-21-15-9-8-14-20(21)23(16-18-10-4-2-5-11-18)17-26(22(27)24(23,25)28)19-12-6-3-7-13-19/h2,4-5,8-11,14-15,19,28H,3,6-7,12-13,16-17H2,1H3/t23-,24-/m0/s1. The van der Waals surface area contributed by atoms with Crippen molar-refractivity contribution in [1.82, 2.24) is 4.90 Å². The molecule has 0 unspecified atom stereocenters. The Bertz CT molecular complexity index is 892. The summed E-state index contributed by atoms with van der Waals surface area (Å²) in [5, 5.41) is 12.0. The van der Waals surface area contributed by atoms with Crippen LogP contribution in [0.1, 0.15) is 43.2 Å². The van der Waals surface area contributed by atoms with Gasteiger partial charge in [0.15, 0.2) is 0 Å². The van der Waals surface area contributed by atoms with E-state index in [-0.39, 0.29) is 11.9 Å². The van der Waals surface area contributed by atoms with Crippen LogP contribution >= 0.6 is 0 Å². The summed E-state index contributed by atoms with van der Waals surface area (Å²) < 4.78 is 0. The summed E-state index contributed by atoms with van der Waals surface area (Å²) in [5.41, 5.74) is 1.05. The molecule has 0 aromatic heterocycles. The van der Waals surface area contributed by atoms with Gasteiger partial charge >= 0.3 is 0 Å². The van der Waals surface area contributed by atoms with Gasteiger partial charge in [0.2, 0.25) is 5.72 Å². The Balaban J connectivity index is 1.65. The lowest BCUT2D eigenvalue weighted by atomic mass is 9.71. The van der Waals surface area contributed by atoms with Gasteiger partial charge in [-0.25, -0.2) is 0 Å². The largest absolute Gasteiger partial charge is 0.362 e. The molecule has 2 heterocycles. The fraction of sp³-hybridized carbons (Fsp3) is 0.458. The van der Waals surface area contributed by atoms with Gasteiger partial charge in [-0.3, -0.25) is 4.79 Å². The summed E-state index contributed by atoms with van der Waals surface area (Å²) in [4.78, 5) is 17.6. The van der Waals surface area contributed by atoms with Crippen molar-refractivity contribution in [3.05, 3.63) is 65.7 Å². The first kappa shape index (κ1) is 17.7. The first-order valence-corrected chi connectivity index (χ1v) is 10.5. The number of nitrogens with zero attached hydrogens (tertiary/aromatic N) is 2. The van der Waals surface area contributed by atoms with Crippen molar-refractivity contribution in [2.24, 2.45) is 0 Å². The monoisotopic (exact) mass is 376 g/mol. The SMILES string of the molecule is CN1c2ccccc2[C@]2(Cc3ccccc3)CN(C3CCCCC3)C(=O)[C@@]12O. The van der Waals surface area contributed by atoms with E-state index in [1.165, 1.54) is 19.3 Å². The first-order chi connectivity index (χ1) is 13.6.